The summed E-state index contributed by atoms with van der Waals surface area (Å²) in [5, 5.41) is 13.1. The lowest BCUT2D eigenvalue weighted by atomic mass is 10.1. The molecule has 6 rings (SSSR count). The van der Waals surface area contributed by atoms with Crippen molar-refractivity contribution in [3.8, 4) is 0 Å². The van der Waals surface area contributed by atoms with Crippen LogP contribution in [0.4, 0.5) is 17.1 Å². The molecule has 0 saturated carbocycles. The molecule has 0 radical (unpaired) electrons. The fraction of sp³-hybridized carbons (Fsp3) is 0.160. The molecule has 1 atom stereocenters. The number of pyridine rings is 1. The van der Waals surface area contributed by atoms with Crippen molar-refractivity contribution in [2.75, 3.05) is 28.2 Å². The standard InChI is InChI=1S/C25H20N4O2S3/c30-22-13-33-25(34-22)14-28-20-6-5-16(11-18(20)25)29-24(31)23-21(8-10-32-23)27-12-15-7-9-26-19-4-2-1-3-17(15)19/h1-11,27-28H,12-14H2,(H,29,31). The number of nitrogens with one attached hydrogen (secondary N) is 3. The summed E-state index contributed by atoms with van der Waals surface area (Å²) < 4.78 is -0.296. The zero-order chi connectivity index (χ0) is 23.1. The van der Waals surface area contributed by atoms with Crippen molar-refractivity contribution >= 4 is 73.8 Å². The third kappa shape index (κ3) is 3.83. The van der Waals surface area contributed by atoms with Gasteiger partial charge < -0.3 is 16.0 Å². The molecular weight excluding hydrogens is 485 g/mol. The van der Waals surface area contributed by atoms with Crippen LogP contribution in [-0.4, -0.2) is 28.3 Å². The normalized spacial score (nSPS) is 18.8. The van der Waals surface area contributed by atoms with Gasteiger partial charge in [-0.1, -0.05) is 30.0 Å². The molecule has 2 aromatic heterocycles. The van der Waals surface area contributed by atoms with Gasteiger partial charge in [-0.2, -0.15) is 0 Å². The summed E-state index contributed by atoms with van der Waals surface area (Å²) >= 11 is 4.46. The minimum absolute atomic E-state index is 0.153. The number of fused-ring (bicyclic) bond motifs is 3. The summed E-state index contributed by atoms with van der Waals surface area (Å²) in [6, 6.07) is 17.8. The average Bonchev–Trinajstić information content (AvgIpc) is 3.57. The molecule has 2 aromatic carbocycles. The van der Waals surface area contributed by atoms with Gasteiger partial charge in [0, 0.05) is 41.6 Å². The van der Waals surface area contributed by atoms with Crippen molar-refractivity contribution < 1.29 is 9.59 Å². The van der Waals surface area contributed by atoms with Gasteiger partial charge in [0.25, 0.3) is 5.91 Å². The van der Waals surface area contributed by atoms with E-state index in [1.54, 1.807) is 11.8 Å². The van der Waals surface area contributed by atoms with Gasteiger partial charge in [0.15, 0.2) is 0 Å². The SMILES string of the molecule is O=C1CSC2(CNc3ccc(NC(=O)c4sccc4NCc4ccnc5ccccc45)cc32)S1. The molecule has 0 bridgehead atoms. The van der Waals surface area contributed by atoms with Gasteiger partial charge in [-0.3, -0.25) is 14.6 Å². The summed E-state index contributed by atoms with van der Waals surface area (Å²) in [5.74, 6) is 0.360. The second-order valence-corrected chi connectivity index (χ2v) is 11.9. The smallest absolute Gasteiger partial charge is 0.267 e. The third-order valence-corrected chi connectivity index (χ3v) is 9.98. The Kier molecular flexibility index (Phi) is 5.47. The maximum Gasteiger partial charge on any atom is 0.267 e. The molecule has 4 heterocycles. The minimum atomic E-state index is -0.296. The number of hydrogen-bond donors (Lipinski definition) is 3. The number of nitrogens with zero attached hydrogens (tertiary/aromatic N) is 1. The highest BCUT2D eigenvalue weighted by Crippen LogP contribution is 2.57. The number of carbonyl (C=O) groups is 2. The van der Waals surface area contributed by atoms with E-state index in [0.717, 1.165) is 39.1 Å². The lowest BCUT2D eigenvalue weighted by Gasteiger charge is -2.20. The predicted octanol–water partition coefficient (Wildman–Crippen LogP) is 5.75. The molecule has 6 nitrogen and oxygen atoms in total. The summed E-state index contributed by atoms with van der Waals surface area (Å²) in [4.78, 5) is 30.1. The second-order valence-electron chi connectivity index (χ2n) is 8.09. The fourth-order valence-corrected chi connectivity index (χ4v) is 7.86. The number of amides is 1. The van der Waals surface area contributed by atoms with Crippen LogP contribution in [0.25, 0.3) is 10.9 Å². The molecule has 9 heteroatoms. The minimum Gasteiger partial charge on any atom is -0.382 e. The van der Waals surface area contributed by atoms with Crippen molar-refractivity contribution in [1.29, 1.82) is 0 Å². The molecule has 2 aliphatic heterocycles. The van der Waals surface area contributed by atoms with Crippen molar-refractivity contribution in [2.45, 2.75) is 10.6 Å². The van der Waals surface area contributed by atoms with Crippen LogP contribution in [0, 0.1) is 0 Å². The monoisotopic (exact) mass is 504 g/mol. The van der Waals surface area contributed by atoms with Crippen LogP contribution in [0.3, 0.4) is 0 Å². The van der Waals surface area contributed by atoms with Crippen LogP contribution >= 0.6 is 34.9 Å². The molecule has 1 saturated heterocycles. The van der Waals surface area contributed by atoms with Gasteiger partial charge in [-0.25, -0.2) is 0 Å². The molecule has 170 valence electrons. The van der Waals surface area contributed by atoms with Crippen LogP contribution < -0.4 is 16.0 Å². The van der Waals surface area contributed by atoms with Crippen LogP contribution in [0.1, 0.15) is 20.8 Å². The number of carbonyl (C=O) groups excluding carboxylic acids is 2. The Bertz CT molecular complexity index is 1430. The second kappa shape index (κ2) is 8.65. The highest BCUT2D eigenvalue weighted by molar-refractivity contribution is 8.30. The van der Waals surface area contributed by atoms with E-state index in [1.807, 2.05) is 60.1 Å². The van der Waals surface area contributed by atoms with Crippen LogP contribution in [0.2, 0.25) is 0 Å². The summed E-state index contributed by atoms with van der Waals surface area (Å²) in [5.41, 5.74) is 5.70. The topological polar surface area (TPSA) is 83.1 Å². The van der Waals surface area contributed by atoms with Crippen molar-refractivity contribution in [3.63, 3.8) is 0 Å². The molecule has 3 N–H and O–H groups in total. The maximum atomic E-state index is 13.2. The highest BCUT2D eigenvalue weighted by atomic mass is 32.2. The van der Waals surface area contributed by atoms with E-state index in [2.05, 4.69) is 27.0 Å². The van der Waals surface area contributed by atoms with E-state index in [4.69, 9.17) is 0 Å². The van der Waals surface area contributed by atoms with E-state index in [-0.39, 0.29) is 15.1 Å². The summed E-state index contributed by atoms with van der Waals surface area (Å²) in [7, 11) is 0. The van der Waals surface area contributed by atoms with Crippen LogP contribution in [-0.2, 0) is 15.4 Å². The average molecular weight is 505 g/mol. The number of thiophene rings is 1. The Hall–Kier alpha value is -3.01. The van der Waals surface area contributed by atoms with Crippen LogP contribution in [0.5, 0.6) is 0 Å². The molecule has 1 spiro atoms. The largest absolute Gasteiger partial charge is 0.382 e. The lowest BCUT2D eigenvalue weighted by Crippen LogP contribution is -2.17. The number of benzene rings is 2. The Morgan fingerprint density at radius 2 is 2.06 bits per heavy atom. The van der Waals surface area contributed by atoms with E-state index in [9.17, 15) is 9.59 Å². The summed E-state index contributed by atoms with van der Waals surface area (Å²) in [6.45, 7) is 1.30. The van der Waals surface area contributed by atoms with Crippen molar-refractivity contribution in [3.05, 3.63) is 82.2 Å². The first-order valence-corrected chi connectivity index (χ1v) is 13.5. The zero-order valence-electron chi connectivity index (χ0n) is 18.0. The molecule has 4 aromatic rings. The van der Waals surface area contributed by atoms with Gasteiger partial charge in [0.05, 0.1) is 17.0 Å². The molecule has 1 unspecified atom stereocenters. The van der Waals surface area contributed by atoms with E-state index < -0.39 is 0 Å². The first-order valence-electron chi connectivity index (χ1n) is 10.8. The fourth-order valence-electron chi connectivity index (χ4n) is 4.35. The van der Waals surface area contributed by atoms with E-state index >= 15 is 0 Å². The van der Waals surface area contributed by atoms with Gasteiger partial charge >= 0.3 is 0 Å². The Balaban J connectivity index is 1.20. The molecular formula is C25H20N4O2S3. The number of hydrogen-bond acceptors (Lipinski definition) is 8. The van der Waals surface area contributed by atoms with Crippen LogP contribution in [0.15, 0.2) is 66.2 Å². The molecule has 34 heavy (non-hydrogen) atoms. The lowest BCUT2D eigenvalue weighted by molar-refractivity contribution is -0.108. The number of rotatable bonds is 5. The highest BCUT2D eigenvalue weighted by Gasteiger charge is 2.46. The quantitative estimate of drug-likeness (QED) is 0.319. The molecule has 1 fully saturated rings. The molecule has 0 aliphatic carbocycles. The van der Waals surface area contributed by atoms with Crippen molar-refractivity contribution in [1.82, 2.24) is 4.98 Å². The van der Waals surface area contributed by atoms with Crippen molar-refractivity contribution in [2.24, 2.45) is 0 Å². The van der Waals surface area contributed by atoms with E-state index in [1.165, 1.54) is 23.1 Å². The van der Waals surface area contributed by atoms with Gasteiger partial charge in [-0.05, 0) is 47.3 Å². The first kappa shape index (κ1) is 21.5. The Morgan fingerprint density at radius 3 is 2.94 bits per heavy atom. The maximum absolute atomic E-state index is 13.2. The number of thioether (sulfide) groups is 2. The zero-order valence-corrected chi connectivity index (χ0v) is 20.4. The number of anilines is 3. The van der Waals surface area contributed by atoms with Gasteiger partial charge in [0.2, 0.25) is 5.12 Å². The first-order chi connectivity index (χ1) is 16.6. The number of aromatic nitrogens is 1. The van der Waals surface area contributed by atoms with Gasteiger partial charge in [0.1, 0.15) is 8.96 Å². The predicted molar refractivity (Wildman–Crippen MR) is 143 cm³/mol. The molecule has 2 aliphatic rings. The van der Waals surface area contributed by atoms with E-state index in [0.29, 0.717) is 23.7 Å². The summed E-state index contributed by atoms with van der Waals surface area (Å²) in [6.07, 6.45) is 1.81. The third-order valence-electron chi connectivity index (χ3n) is 5.98. The Morgan fingerprint density at radius 1 is 1.15 bits per heavy atom. The molecule has 1 amide bonds. The number of para-hydroxylation sites is 1. The van der Waals surface area contributed by atoms with Gasteiger partial charge in [-0.15, -0.1) is 23.1 Å². The Labute approximate surface area is 208 Å².